The van der Waals surface area contributed by atoms with Crippen molar-refractivity contribution < 1.29 is 18.3 Å². The van der Waals surface area contributed by atoms with Crippen molar-refractivity contribution in [2.45, 2.75) is 67.1 Å². The minimum atomic E-state index is -0.350. The van der Waals surface area contributed by atoms with Gasteiger partial charge in [-0.3, -0.25) is 14.3 Å². The summed E-state index contributed by atoms with van der Waals surface area (Å²) in [5.74, 6) is 3.14. The Bertz CT molecular complexity index is 1210. The van der Waals surface area contributed by atoms with Gasteiger partial charge in [-0.15, -0.1) is 10.2 Å². The van der Waals surface area contributed by atoms with E-state index >= 15 is 0 Å². The first-order chi connectivity index (χ1) is 19.0. The summed E-state index contributed by atoms with van der Waals surface area (Å²) in [5.41, 5.74) is 1.45. The van der Waals surface area contributed by atoms with Crippen molar-refractivity contribution in [1.29, 1.82) is 0 Å². The summed E-state index contributed by atoms with van der Waals surface area (Å²) in [4.78, 5) is 4.14. The van der Waals surface area contributed by atoms with Gasteiger partial charge in [-0.05, 0) is 55.3 Å². The number of aromatic nitrogens is 4. The zero-order valence-corrected chi connectivity index (χ0v) is 25.5. The number of hydrogen-bond acceptors (Lipinski definition) is 8. The summed E-state index contributed by atoms with van der Waals surface area (Å²) in [6.07, 6.45) is 1.87. The Morgan fingerprint density at radius 1 is 0.949 bits per heavy atom. The molecule has 39 heavy (non-hydrogen) atoms. The molecule has 0 aliphatic heterocycles. The lowest BCUT2D eigenvalue weighted by Gasteiger charge is -2.18. The molecule has 1 aromatic carbocycles. The number of nitrogens with one attached hydrogen (secondary N) is 1. The molecule has 0 amide bonds. The number of ether oxygens (including phenoxy) is 2. The van der Waals surface area contributed by atoms with Gasteiger partial charge in [0.1, 0.15) is 28.8 Å². The van der Waals surface area contributed by atoms with Crippen LogP contribution in [0.4, 0.5) is 10.3 Å². The van der Waals surface area contributed by atoms with Crippen molar-refractivity contribution in [3.63, 3.8) is 0 Å². The number of anilines is 1. The van der Waals surface area contributed by atoms with Gasteiger partial charge in [0.15, 0.2) is 5.76 Å². The Morgan fingerprint density at radius 2 is 1.59 bits per heavy atom. The molecule has 4 aromatic rings. The first-order valence-corrected chi connectivity index (χ1v) is 14.1. The molecule has 0 aliphatic rings. The van der Waals surface area contributed by atoms with Crippen LogP contribution in [-0.2, 0) is 6.42 Å². The fourth-order valence-electron chi connectivity index (χ4n) is 3.35. The molecule has 0 bridgehead atoms. The number of hydrogen-bond donors (Lipinski definition) is 1. The Labute approximate surface area is 236 Å². The second-order valence-corrected chi connectivity index (χ2v) is 8.55. The van der Waals surface area contributed by atoms with E-state index < -0.39 is 0 Å². The highest BCUT2D eigenvalue weighted by Crippen LogP contribution is 2.38. The number of benzene rings is 1. The third-order valence-corrected chi connectivity index (χ3v) is 5.76. The van der Waals surface area contributed by atoms with Gasteiger partial charge in [0, 0.05) is 17.4 Å². The minimum Gasteiger partial charge on any atom is -0.494 e. The van der Waals surface area contributed by atoms with Gasteiger partial charge < -0.3 is 13.9 Å². The van der Waals surface area contributed by atoms with Gasteiger partial charge >= 0.3 is 0 Å². The number of para-hydroxylation sites is 1. The third kappa shape index (κ3) is 9.02. The molecule has 0 saturated heterocycles. The lowest BCUT2D eigenvalue weighted by atomic mass is 10.2. The Hall–Kier alpha value is -3.53. The smallest absolute Gasteiger partial charge is 0.239 e. The molecule has 10 heteroatoms. The molecule has 0 saturated carbocycles. The first kappa shape index (κ1) is 33.5. The van der Waals surface area contributed by atoms with E-state index in [0.29, 0.717) is 41.1 Å². The van der Waals surface area contributed by atoms with Crippen molar-refractivity contribution in [1.82, 2.24) is 19.7 Å². The zero-order chi connectivity index (χ0) is 29.4. The van der Waals surface area contributed by atoms with Crippen molar-refractivity contribution in [2.75, 3.05) is 18.9 Å². The maximum Gasteiger partial charge on any atom is 0.239 e. The molecule has 3 aromatic heterocycles. The molecular formula is C29H42FN5O3S. The molecular weight excluding hydrogens is 517 g/mol. The molecule has 1 N–H and O–H groups in total. The monoisotopic (exact) mass is 559 g/mol. The van der Waals surface area contributed by atoms with Crippen molar-refractivity contribution in [3.05, 3.63) is 65.9 Å². The van der Waals surface area contributed by atoms with E-state index in [-0.39, 0.29) is 11.1 Å². The molecule has 3 heterocycles. The fourth-order valence-corrected chi connectivity index (χ4v) is 4.04. The number of rotatable bonds is 9. The quantitative estimate of drug-likeness (QED) is 0.206. The summed E-state index contributed by atoms with van der Waals surface area (Å²) in [6, 6.07) is 12.3. The maximum absolute atomic E-state index is 13.1. The molecule has 0 radical (unpaired) electrons. The number of halogens is 1. The summed E-state index contributed by atoms with van der Waals surface area (Å²) in [7, 11) is 3.19. The zero-order valence-electron chi connectivity index (χ0n) is 24.7. The van der Waals surface area contributed by atoms with Crippen LogP contribution in [0, 0.1) is 12.7 Å². The predicted octanol–water partition coefficient (Wildman–Crippen LogP) is 8.16. The Balaban J connectivity index is 0.00000119. The molecule has 214 valence electrons. The van der Waals surface area contributed by atoms with E-state index in [0.717, 1.165) is 11.5 Å². The van der Waals surface area contributed by atoms with E-state index in [1.165, 1.54) is 24.2 Å². The highest BCUT2D eigenvalue weighted by atomic mass is 32.2. The normalized spacial score (nSPS) is 10.5. The lowest BCUT2D eigenvalue weighted by Crippen LogP contribution is -2.10. The van der Waals surface area contributed by atoms with Gasteiger partial charge in [0.2, 0.25) is 11.8 Å². The van der Waals surface area contributed by atoms with Gasteiger partial charge in [0.05, 0.1) is 20.4 Å². The maximum atomic E-state index is 13.1. The lowest BCUT2D eigenvalue weighted by molar-refractivity contribution is 0.391. The van der Waals surface area contributed by atoms with Crippen LogP contribution < -0.4 is 14.2 Å². The van der Waals surface area contributed by atoms with Gasteiger partial charge in [-0.25, -0.2) is 4.39 Å². The predicted molar refractivity (Wildman–Crippen MR) is 160 cm³/mol. The molecule has 1 atom stereocenters. The van der Waals surface area contributed by atoms with Crippen LogP contribution in [0.25, 0.3) is 17.3 Å². The highest BCUT2D eigenvalue weighted by Gasteiger charge is 2.24. The molecule has 8 nitrogen and oxygen atoms in total. The summed E-state index contributed by atoms with van der Waals surface area (Å²) in [5, 5.41) is 8.85. The van der Waals surface area contributed by atoms with Crippen molar-refractivity contribution in [2.24, 2.45) is 0 Å². The molecule has 1 unspecified atom stereocenters. The summed E-state index contributed by atoms with van der Waals surface area (Å²) in [6.45, 7) is 15.9. The Kier molecular flexibility index (Phi) is 15.4. The molecule has 0 spiro atoms. The van der Waals surface area contributed by atoms with E-state index in [2.05, 4.69) is 19.9 Å². The van der Waals surface area contributed by atoms with Crippen LogP contribution in [-0.4, -0.2) is 39.2 Å². The fraction of sp³-hybridized carbons (Fsp3) is 0.414. The van der Waals surface area contributed by atoms with E-state index in [4.69, 9.17) is 13.9 Å². The van der Waals surface area contributed by atoms with E-state index in [1.54, 1.807) is 20.3 Å². The number of nitrogens with zero attached hydrogens (tertiary/aromatic N) is 4. The molecule has 4 rings (SSSR count). The van der Waals surface area contributed by atoms with Crippen molar-refractivity contribution >= 4 is 17.9 Å². The topological polar surface area (TPSA) is 87.2 Å². The third-order valence-electron chi connectivity index (χ3n) is 4.89. The van der Waals surface area contributed by atoms with Crippen LogP contribution >= 0.6 is 11.9 Å². The standard InChI is InChI=1S/C23H24FN5O3S.3C2H6/c1-14-8-11-20(32-14)22-26-27-23(28-33-15(2)12-17-10-9-16(24)13-25-17)29(22)21-18(30-3)6-5-7-19(21)31-4;3*1-2/h5-11,13,15H,12H2,1-4H3,(H,27,28);3*1-2H3. The van der Waals surface area contributed by atoms with Crippen LogP contribution in [0.2, 0.25) is 0 Å². The molecule has 0 aliphatic carbocycles. The van der Waals surface area contributed by atoms with E-state index in [9.17, 15) is 4.39 Å². The second kappa shape index (κ2) is 17.9. The number of aryl methyl sites for hydroxylation is 1. The number of methoxy groups -OCH3 is 2. The van der Waals surface area contributed by atoms with Crippen LogP contribution in [0.15, 0.2) is 53.1 Å². The average molecular weight is 560 g/mol. The van der Waals surface area contributed by atoms with Crippen LogP contribution in [0.1, 0.15) is 59.9 Å². The second-order valence-electron chi connectivity index (χ2n) is 7.31. The summed E-state index contributed by atoms with van der Waals surface area (Å²) >= 11 is 1.46. The first-order valence-electron chi connectivity index (χ1n) is 13.3. The van der Waals surface area contributed by atoms with E-state index in [1.807, 2.05) is 90.3 Å². The largest absolute Gasteiger partial charge is 0.494 e. The van der Waals surface area contributed by atoms with Crippen LogP contribution in [0.5, 0.6) is 11.5 Å². The van der Waals surface area contributed by atoms with Crippen molar-refractivity contribution in [3.8, 4) is 28.8 Å². The summed E-state index contributed by atoms with van der Waals surface area (Å²) < 4.78 is 35.3. The van der Waals surface area contributed by atoms with Gasteiger partial charge in [0.25, 0.3) is 0 Å². The molecule has 0 fully saturated rings. The SMILES string of the molecule is CC.CC.CC.COc1cccc(OC)c1-n1c(NSC(C)Cc2ccc(F)cn2)nnc1-c1ccc(C)o1. The van der Waals surface area contributed by atoms with Gasteiger partial charge in [-0.1, -0.05) is 54.5 Å². The number of pyridine rings is 1. The number of furan rings is 1. The Morgan fingerprint density at radius 3 is 2.10 bits per heavy atom. The highest BCUT2D eigenvalue weighted by molar-refractivity contribution is 8.01. The minimum absolute atomic E-state index is 0.113. The van der Waals surface area contributed by atoms with Gasteiger partial charge in [-0.2, -0.15) is 0 Å². The van der Waals surface area contributed by atoms with Crippen LogP contribution in [0.3, 0.4) is 0 Å². The average Bonchev–Trinajstić information content (AvgIpc) is 3.61.